The monoisotopic (exact) mass is 342 g/mol. The van der Waals surface area contributed by atoms with Crippen LogP contribution in [0.2, 0.25) is 5.02 Å². The quantitative estimate of drug-likeness (QED) is 0.801. The number of hydrogen-bond donors (Lipinski definition) is 2. The maximum absolute atomic E-state index is 12.7. The Hall–Kier alpha value is -1.59. The van der Waals surface area contributed by atoms with E-state index in [1.165, 1.54) is 24.3 Å². The lowest BCUT2D eigenvalue weighted by Gasteiger charge is -2.09. The average Bonchev–Trinajstić information content (AvgIpc) is 2.36. The molecule has 0 heterocycles. The van der Waals surface area contributed by atoms with Crippen LogP contribution in [-0.4, -0.2) is 6.03 Å². The largest absolute Gasteiger partial charge is 0.323 e. The fourth-order valence-electron chi connectivity index (χ4n) is 1.41. The molecule has 0 bridgehead atoms. The van der Waals surface area contributed by atoms with Crippen LogP contribution in [0.4, 0.5) is 20.6 Å². The Bertz CT molecular complexity index is 604. The van der Waals surface area contributed by atoms with Gasteiger partial charge in [0.1, 0.15) is 5.82 Å². The number of halogens is 3. The molecular formula is C13H9BrClFN2O. The van der Waals surface area contributed by atoms with E-state index in [4.69, 9.17) is 11.6 Å². The molecule has 3 nitrogen and oxygen atoms in total. The summed E-state index contributed by atoms with van der Waals surface area (Å²) in [6.07, 6.45) is 0. The lowest BCUT2D eigenvalue weighted by atomic mass is 10.3. The Morgan fingerprint density at radius 2 is 1.79 bits per heavy atom. The van der Waals surface area contributed by atoms with Crippen LogP contribution in [0.5, 0.6) is 0 Å². The van der Waals surface area contributed by atoms with E-state index in [-0.39, 0.29) is 5.82 Å². The molecule has 98 valence electrons. The zero-order chi connectivity index (χ0) is 13.8. The van der Waals surface area contributed by atoms with Crippen molar-refractivity contribution in [3.8, 4) is 0 Å². The first-order valence-corrected chi connectivity index (χ1v) is 6.50. The van der Waals surface area contributed by atoms with Gasteiger partial charge in [0.25, 0.3) is 0 Å². The number of carbonyl (C=O) groups is 1. The lowest BCUT2D eigenvalue weighted by Crippen LogP contribution is -2.19. The minimum Gasteiger partial charge on any atom is -0.308 e. The molecule has 0 aliphatic heterocycles. The number of urea groups is 1. The Morgan fingerprint density at radius 1 is 1.11 bits per heavy atom. The van der Waals surface area contributed by atoms with Crippen LogP contribution in [0.1, 0.15) is 0 Å². The van der Waals surface area contributed by atoms with Crippen molar-refractivity contribution in [2.45, 2.75) is 0 Å². The first-order valence-electron chi connectivity index (χ1n) is 5.33. The zero-order valence-corrected chi connectivity index (χ0v) is 11.9. The minimum absolute atomic E-state index is 0.359. The first kappa shape index (κ1) is 13.8. The number of nitrogens with one attached hydrogen (secondary N) is 2. The molecule has 6 heteroatoms. The van der Waals surface area contributed by atoms with Gasteiger partial charge in [-0.1, -0.05) is 27.5 Å². The molecule has 0 saturated heterocycles. The van der Waals surface area contributed by atoms with Gasteiger partial charge in [0.05, 0.1) is 10.7 Å². The lowest BCUT2D eigenvalue weighted by molar-refractivity contribution is 0.262. The van der Waals surface area contributed by atoms with Gasteiger partial charge in [-0.15, -0.1) is 0 Å². The van der Waals surface area contributed by atoms with Gasteiger partial charge in [0.15, 0.2) is 0 Å². The van der Waals surface area contributed by atoms with Gasteiger partial charge in [-0.25, -0.2) is 9.18 Å². The molecule has 2 aromatic carbocycles. The van der Waals surface area contributed by atoms with Gasteiger partial charge >= 0.3 is 6.03 Å². The van der Waals surface area contributed by atoms with Crippen LogP contribution in [-0.2, 0) is 0 Å². The molecule has 0 unspecified atom stereocenters. The summed E-state index contributed by atoms with van der Waals surface area (Å²) in [6, 6.07) is 10.1. The molecule has 0 spiro atoms. The van der Waals surface area contributed by atoms with Crippen molar-refractivity contribution in [3.05, 3.63) is 57.8 Å². The highest BCUT2D eigenvalue weighted by Gasteiger charge is 2.06. The Balaban J connectivity index is 2.03. The molecule has 0 radical (unpaired) electrons. The van der Waals surface area contributed by atoms with Gasteiger partial charge in [0.2, 0.25) is 0 Å². The number of benzene rings is 2. The van der Waals surface area contributed by atoms with Crippen molar-refractivity contribution in [1.29, 1.82) is 0 Å². The van der Waals surface area contributed by atoms with Crippen molar-refractivity contribution in [2.24, 2.45) is 0 Å². The molecule has 19 heavy (non-hydrogen) atoms. The van der Waals surface area contributed by atoms with Crippen LogP contribution in [0, 0.1) is 5.82 Å². The van der Waals surface area contributed by atoms with Gasteiger partial charge in [-0.3, -0.25) is 0 Å². The average molecular weight is 344 g/mol. The third-order valence-corrected chi connectivity index (χ3v) is 3.09. The van der Waals surface area contributed by atoms with E-state index in [1.807, 2.05) is 0 Å². The molecule has 0 atom stereocenters. The van der Waals surface area contributed by atoms with Crippen molar-refractivity contribution in [3.63, 3.8) is 0 Å². The SMILES string of the molecule is O=C(Nc1ccc(F)cc1)Nc1ccc(Br)cc1Cl. The van der Waals surface area contributed by atoms with E-state index in [1.54, 1.807) is 18.2 Å². The number of anilines is 2. The summed E-state index contributed by atoms with van der Waals surface area (Å²) >= 11 is 9.25. The summed E-state index contributed by atoms with van der Waals surface area (Å²) in [4.78, 5) is 11.7. The number of rotatable bonds is 2. The van der Waals surface area contributed by atoms with Crippen LogP contribution in [0.15, 0.2) is 46.9 Å². The van der Waals surface area contributed by atoms with Gasteiger partial charge < -0.3 is 10.6 Å². The molecule has 2 amide bonds. The summed E-state index contributed by atoms with van der Waals surface area (Å²) in [5.41, 5.74) is 0.983. The normalized spacial score (nSPS) is 10.1. The van der Waals surface area contributed by atoms with E-state index in [0.29, 0.717) is 16.4 Å². The van der Waals surface area contributed by atoms with Crippen LogP contribution < -0.4 is 10.6 Å². The van der Waals surface area contributed by atoms with Crippen LogP contribution in [0.25, 0.3) is 0 Å². The molecule has 0 aromatic heterocycles. The van der Waals surface area contributed by atoms with E-state index >= 15 is 0 Å². The smallest absolute Gasteiger partial charge is 0.308 e. The second-order valence-corrected chi connectivity index (χ2v) is 5.03. The third kappa shape index (κ3) is 3.94. The van der Waals surface area contributed by atoms with Crippen LogP contribution in [0.3, 0.4) is 0 Å². The van der Waals surface area contributed by atoms with Gasteiger partial charge in [-0.05, 0) is 42.5 Å². The number of carbonyl (C=O) groups excluding carboxylic acids is 1. The fraction of sp³-hybridized carbons (Fsp3) is 0. The molecule has 2 rings (SSSR count). The topological polar surface area (TPSA) is 41.1 Å². The van der Waals surface area contributed by atoms with Gasteiger partial charge in [-0.2, -0.15) is 0 Å². The fourth-order valence-corrected chi connectivity index (χ4v) is 2.13. The Kier molecular flexibility index (Phi) is 4.39. The van der Waals surface area contributed by atoms with Crippen LogP contribution >= 0.6 is 27.5 Å². The third-order valence-electron chi connectivity index (χ3n) is 2.28. The van der Waals surface area contributed by atoms with Crippen molar-refractivity contribution in [2.75, 3.05) is 10.6 Å². The summed E-state index contributed by atoms with van der Waals surface area (Å²) in [5.74, 6) is -0.359. The second kappa shape index (κ2) is 6.04. The van der Waals surface area contributed by atoms with Crippen molar-refractivity contribution < 1.29 is 9.18 Å². The van der Waals surface area contributed by atoms with E-state index in [0.717, 1.165) is 4.47 Å². The zero-order valence-electron chi connectivity index (χ0n) is 9.58. The number of hydrogen-bond acceptors (Lipinski definition) is 1. The Morgan fingerprint density at radius 3 is 2.42 bits per heavy atom. The molecule has 0 aliphatic carbocycles. The van der Waals surface area contributed by atoms with Crippen molar-refractivity contribution >= 4 is 44.9 Å². The first-order chi connectivity index (χ1) is 9.04. The minimum atomic E-state index is -0.448. The molecule has 2 N–H and O–H groups in total. The maximum Gasteiger partial charge on any atom is 0.323 e. The maximum atomic E-state index is 12.7. The molecule has 2 aromatic rings. The summed E-state index contributed by atoms with van der Waals surface area (Å²) < 4.78 is 13.5. The van der Waals surface area contributed by atoms with E-state index in [2.05, 4.69) is 26.6 Å². The predicted octanol–water partition coefficient (Wildman–Crippen LogP) is 4.89. The highest BCUT2D eigenvalue weighted by molar-refractivity contribution is 9.10. The Labute approximate surface area is 122 Å². The second-order valence-electron chi connectivity index (χ2n) is 3.71. The number of amides is 2. The summed E-state index contributed by atoms with van der Waals surface area (Å²) in [7, 11) is 0. The molecule has 0 aliphatic rings. The molecular weight excluding hydrogens is 335 g/mol. The van der Waals surface area contributed by atoms with E-state index < -0.39 is 6.03 Å². The predicted molar refractivity (Wildman–Crippen MR) is 78.2 cm³/mol. The highest BCUT2D eigenvalue weighted by Crippen LogP contribution is 2.25. The van der Waals surface area contributed by atoms with E-state index in [9.17, 15) is 9.18 Å². The molecule has 0 saturated carbocycles. The highest BCUT2D eigenvalue weighted by atomic mass is 79.9. The molecule has 0 fully saturated rings. The summed E-state index contributed by atoms with van der Waals surface area (Å²) in [5, 5.41) is 5.60. The van der Waals surface area contributed by atoms with Crippen molar-refractivity contribution in [1.82, 2.24) is 0 Å². The van der Waals surface area contributed by atoms with Gasteiger partial charge in [0, 0.05) is 10.2 Å². The standard InChI is InChI=1S/C13H9BrClFN2O/c14-8-1-6-12(11(15)7-8)18-13(19)17-10-4-2-9(16)3-5-10/h1-7H,(H2,17,18,19). The summed E-state index contributed by atoms with van der Waals surface area (Å²) in [6.45, 7) is 0.